The molecule has 2 amide bonds. The van der Waals surface area contributed by atoms with Crippen LogP contribution in [0.3, 0.4) is 0 Å². The monoisotopic (exact) mass is 591 g/mol. The Hall–Kier alpha value is -4.11. The van der Waals surface area contributed by atoms with Crippen molar-refractivity contribution >= 4 is 17.4 Å². The Morgan fingerprint density at radius 3 is 2.47 bits per heavy atom. The van der Waals surface area contributed by atoms with Crippen molar-refractivity contribution in [3.05, 3.63) is 106 Å². The van der Waals surface area contributed by atoms with Gasteiger partial charge in [0.2, 0.25) is 17.6 Å². The minimum Gasteiger partial charge on any atom is -0.488 e. The van der Waals surface area contributed by atoms with E-state index in [1.165, 1.54) is 11.1 Å². The molecule has 2 aliphatic heterocycles. The number of benzene rings is 3. The van der Waals surface area contributed by atoms with Gasteiger partial charge in [0, 0.05) is 38.2 Å². The maximum atomic E-state index is 13.8. The van der Waals surface area contributed by atoms with Gasteiger partial charge in [0.15, 0.2) is 17.4 Å². The second-order valence-electron chi connectivity index (χ2n) is 11.2. The normalized spacial score (nSPS) is 18.0. The Bertz CT molecular complexity index is 1520. The highest BCUT2D eigenvalue weighted by Gasteiger charge is 2.39. The van der Waals surface area contributed by atoms with Crippen molar-refractivity contribution in [2.75, 3.05) is 26.2 Å². The SMILES string of the molecule is CC(=O)N1C[C@H]2CC(c3ccc(CCCOc4c(F)ccc(F)c4F)cc3)=C(C(=O)NCCc3ccccc3C)[C@@H](C1)N2. The summed E-state index contributed by atoms with van der Waals surface area (Å²) in [4.78, 5) is 27.7. The molecule has 43 heavy (non-hydrogen) atoms. The fourth-order valence-corrected chi connectivity index (χ4v) is 5.90. The van der Waals surface area contributed by atoms with Crippen molar-refractivity contribution in [3.63, 3.8) is 0 Å². The molecule has 2 atom stereocenters. The third-order valence-corrected chi connectivity index (χ3v) is 8.20. The average molecular weight is 592 g/mol. The van der Waals surface area contributed by atoms with Gasteiger partial charge in [-0.25, -0.2) is 8.78 Å². The first-order chi connectivity index (χ1) is 20.7. The van der Waals surface area contributed by atoms with E-state index in [0.29, 0.717) is 44.5 Å². The van der Waals surface area contributed by atoms with Gasteiger partial charge in [0.25, 0.3) is 0 Å². The number of piperazine rings is 1. The van der Waals surface area contributed by atoms with Crippen molar-refractivity contribution in [3.8, 4) is 5.75 Å². The van der Waals surface area contributed by atoms with Crippen LogP contribution < -0.4 is 15.4 Å². The lowest BCUT2D eigenvalue weighted by Crippen LogP contribution is -2.61. The van der Waals surface area contributed by atoms with Gasteiger partial charge in [-0.1, -0.05) is 48.5 Å². The fourth-order valence-electron chi connectivity index (χ4n) is 5.90. The predicted octanol–water partition coefficient (Wildman–Crippen LogP) is 5.13. The van der Waals surface area contributed by atoms with E-state index in [9.17, 15) is 22.8 Å². The largest absolute Gasteiger partial charge is 0.488 e. The molecule has 0 aliphatic carbocycles. The number of aryl methyl sites for hydroxylation is 2. The first-order valence-corrected chi connectivity index (χ1v) is 14.6. The van der Waals surface area contributed by atoms with Gasteiger partial charge in [0.1, 0.15) is 0 Å². The van der Waals surface area contributed by atoms with Crippen molar-refractivity contribution in [1.82, 2.24) is 15.5 Å². The molecule has 0 saturated carbocycles. The molecule has 0 spiro atoms. The average Bonchev–Trinajstić information content (AvgIpc) is 2.99. The van der Waals surface area contributed by atoms with Crippen molar-refractivity contribution < 1.29 is 27.5 Å². The summed E-state index contributed by atoms with van der Waals surface area (Å²) >= 11 is 0. The second kappa shape index (κ2) is 13.5. The number of carbonyl (C=O) groups is 2. The number of nitrogens with one attached hydrogen (secondary N) is 2. The number of amides is 2. The first-order valence-electron chi connectivity index (χ1n) is 14.6. The summed E-state index contributed by atoms with van der Waals surface area (Å²) in [6.07, 6.45) is 2.39. The van der Waals surface area contributed by atoms with Gasteiger partial charge >= 0.3 is 0 Å². The maximum Gasteiger partial charge on any atom is 0.249 e. The highest BCUT2D eigenvalue weighted by molar-refractivity contribution is 6.03. The molecular formula is C34H36F3N3O3. The van der Waals surface area contributed by atoms with E-state index in [1.54, 1.807) is 11.8 Å². The lowest BCUT2D eigenvalue weighted by molar-refractivity contribution is -0.131. The van der Waals surface area contributed by atoms with Crippen LogP contribution in [0.25, 0.3) is 5.57 Å². The van der Waals surface area contributed by atoms with Crippen LogP contribution in [0, 0.1) is 24.4 Å². The van der Waals surface area contributed by atoms with Crippen molar-refractivity contribution in [1.29, 1.82) is 0 Å². The van der Waals surface area contributed by atoms with Crippen LogP contribution >= 0.6 is 0 Å². The van der Waals surface area contributed by atoms with Crippen LogP contribution in [-0.2, 0) is 22.4 Å². The Labute approximate surface area is 249 Å². The van der Waals surface area contributed by atoms with E-state index in [2.05, 4.69) is 29.7 Å². The number of fused-ring (bicyclic) bond motifs is 2. The highest BCUT2D eigenvalue weighted by atomic mass is 19.2. The minimum absolute atomic E-state index is 0.00420. The second-order valence-corrected chi connectivity index (χ2v) is 11.2. The molecule has 5 rings (SSSR count). The fraction of sp³-hybridized carbons (Fsp3) is 0.353. The van der Waals surface area contributed by atoms with E-state index in [-0.39, 0.29) is 30.5 Å². The van der Waals surface area contributed by atoms with Crippen LogP contribution in [0.4, 0.5) is 13.2 Å². The highest BCUT2D eigenvalue weighted by Crippen LogP contribution is 2.33. The van der Waals surface area contributed by atoms with Crippen LogP contribution in [0.15, 0.2) is 66.2 Å². The lowest BCUT2D eigenvalue weighted by atomic mass is 9.83. The number of hydrogen-bond donors (Lipinski definition) is 2. The summed E-state index contributed by atoms with van der Waals surface area (Å²) in [5.41, 5.74) is 5.94. The van der Waals surface area contributed by atoms with E-state index in [0.717, 1.165) is 35.3 Å². The van der Waals surface area contributed by atoms with E-state index < -0.39 is 23.2 Å². The third-order valence-electron chi connectivity index (χ3n) is 8.20. The van der Waals surface area contributed by atoms with Gasteiger partial charge in [-0.3, -0.25) is 9.59 Å². The van der Waals surface area contributed by atoms with Crippen LogP contribution in [0.5, 0.6) is 5.75 Å². The van der Waals surface area contributed by atoms with Crippen LogP contribution in [-0.4, -0.2) is 55.0 Å². The smallest absolute Gasteiger partial charge is 0.249 e. The van der Waals surface area contributed by atoms with Gasteiger partial charge < -0.3 is 20.3 Å². The Morgan fingerprint density at radius 1 is 0.977 bits per heavy atom. The number of hydrogen-bond acceptors (Lipinski definition) is 4. The summed E-state index contributed by atoms with van der Waals surface area (Å²) in [5, 5.41) is 6.67. The van der Waals surface area contributed by atoms with Gasteiger partial charge in [0.05, 0.1) is 12.6 Å². The summed E-state index contributed by atoms with van der Waals surface area (Å²) in [6.45, 7) is 5.16. The quantitative estimate of drug-likeness (QED) is 0.254. The first kappa shape index (κ1) is 30.4. The Balaban J connectivity index is 1.28. The zero-order valence-corrected chi connectivity index (χ0v) is 24.4. The molecule has 2 aliphatic rings. The number of rotatable bonds is 10. The molecular weight excluding hydrogens is 555 g/mol. The topological polar surface area (TPSA) is 70.7 Å². The molecule has 226 valence electrons. The lowest BCUT2D eigenvalue weighted by Gasteiger charge is -2.44. The predicted molar refractivity (Wildman–Crippen MR) is 159 cm³/mol. The molecule has 0 unspecified atom stereocenters. The maximum absolute atomic E-state index is 13.8. The molecule has 1 saturated heterocycles. The van der Waals surface area contributed by atoms with Gasteiger partial charge in [-0.2, -0.15) is 4.39 Å². The third kappa shape index (κ3) is 7.10. The van der Waals surface area contributed by atoms with Gasteiger partial charge in [-0.15, -0.1) is 0 Å². The molecule has 0 aromatic heterocycles. The molecule has 3 aromatic rings. The van der Waals surface area contributed by atoms with E-state index in [1.807, 2.05) is 36.4 Å². The molecule has 2 heterocycles. The number of ether oxygens (including phenoxy) is 1. The minimum atomic E-state index is -1.33. The molecule has 1 fully saturated rings. The molecule has 3 aromatic carbocycles. The van der Waals surface area contributed by atoms with Crippen molar-refractivity contribution in [2.45, 2.75) is 51.6 Å². The summed E-state index contributed by atoms with van der Waals surface area (Å²) in [7, 11) is 0. The van der Waals surface area contributed by atoms with Crippen molar-refractivity contribution in [2.24, 2.45) is 0 Å². The molecule has 0 radical (unpaired) electrons. The van der Waals surface area contributed by atoms with Crippen LogP contribution in [0.2, 0.25) is 0 Å². The summed E-state index contributed by atoms with van der Waals surface area (Å²) < 4.78 is 46.2. The number of halogens is 3. The Kier molecular flexibility index (Phi) is 9.50. The summed E-state index contributed by atoms with van der Waals surface area (Å²) in [5.74, 6) is -4.27. The zero-order chi connectivity index (χ0) is 30.5. The zero-order valence-electron chi connectivity index (χ0n) is 24.4. The Morgan fingerprint density at radius 2 is 1.72 bits per heavy atom. The summed E-state index contributed by atoms with van der Waals surface area (Å²) in [6, 6.07) is 17.4. The molecule has 6 nitrogen and oxygen atoms in total. The van der Waals surface area contributed by atoms with E-state index >= 15 is 0 Å². The number of nitrogens with zero attached hydrogens (tertiary/aromatic N) is 1. The molecule has 2 N–H and O–H groups in total. The van der Waals surface area contributed by atoms with Crippen LogP contribution in [0.1, 0.15) is 42.0 Å². The number of carbonyl (C=O) groups excluding carboxylic acids is 2. The molecule has 2 bridgehead atoms. The van der Waals surface area contributed by atoms with Gasteiger partial charge in [-0.05, 0) is 72.6 Å². The van der Waals surface area contributed by atoms with E-state index in [4.69, 9.17) is 4.74 Å². The standard InChI is InChI=1S/C34H36F3N3O3/c1-21-6-3-4-8-24(21)15-16-38-34(42)31-27(18-26-19-40(22(2)41)20-30(31)39-26)25-11-9-23(10-12-25)7-5-17-43-33-29(36)14-13-28(35)32(33)37/h3-4,6,8-14,26,30,39H,5,7,15-20H2,1-2H3,(H,38,42)/t26-,30-/m1/s1. The molecule has 9 heteroatoms.